The van der Waals surface area contributed by atoms with E-state index in [1.807, 2.05) is 0 Å². The van der Waals surface area contributed by atoms with Gasteiger partial charge in [-0.15, -0.1) is 0 Å². The number of fused-ring (bicyclic) bond motifs is 1. The molecule has 2 amide bonds. The molecule has 2 aliphatic rings. The fourth-order valence-corrected chi connectivity index (χ4v) is 10.3. The summed E-state index contributed by atoms with van der Waals surface area (Å²) in [5.41, 5.74) is 3.32. The molecule has 0 aliphatic carbocycles. The van der Waals surface area contributed by atoms with Gasteiger partial charge in [0.15, 0.2) is 0 Å². The average molecular weight is 731 g/mol. The summed E-state index contributed by atoms with van der Waals surface area (Å²) in [7, 11) is 0. The molecule has 2 unspecified atom stereocenters. The summed E-state index contributed by atoms with van der Waals surface area (Å²) in [5, 5.41) is 0. The number of carbonyl (C=O) groups is 2. The van der Waals surface area contributed by atoms with Crippen molar-refractivity contribution in [3.8, 4) is 0 Å². The molecular formula is C38H56N2O2Se2. The van der Waals surface area contributed by atoms with E-state index < -0.39 is 0 Å². The van der Waals surface area contributed by atoms with Crippen molar-refractivity contribution >= 4 is 52.2 Å². The number of rotatable bonds is 22. The molecule has 4 heterocycles. The third-order valence-electron chi connectivity index (χ3n) is 9.44. The number of nitrogens with zero attached hydrogens (tertiary/aromatic N) is 2. The van der Waals surface area contributed by atoms with Gasteiger partial charge in [-0.25, -0.2) is 0 Å². The SMILES string of the molecule is CCCCCCC(CCCC)CN1C(=O)C2=C(c3ccc[se]3)N(CC(CCCC)CCCCCC)C(=O)C2=C1c1ccc[se]1. The molecule has 2 atom stereocenters. The van der Waals surface area contributed by atoms with Crippen LogP contribution in [0.4, 0.5) is 0 Å². The Labute approximate surface area is 279 Å². The minimum absolute atomic E-state index is 0.0798. The number of hydrogen-bond acceptors (Lipinski definition) is 2. The second-order valence-electron chi connectivity index (χ2n) is 12.9. The molecule has 0 aromatic carbocycles. The summed E-state index contributed by atoms with van der Waals surface area (Å²) < 4.78 is 2.38. The molecule has 0 fully saturated rings. The molecule has 0 saturated carbocycles. The average Bonchev–Trinajstić information content (AvgIpc) is 3.83. The first-order chi connectivity index (χ1) is 21.5. The Kier molecular flexibility index (Phi) is 14.9. The predicted molar refractivity (Wildman–Crippen MR) is 188 cm³/mol. The zero-order valence-corrected chi connectivity index (χ0v) is 31.3. The van der Waals surface area contributed by atoms with E-state index in [0.717, 1.165) is 50.2 Å². The Hall–Kier alpha value is -1.58. The van der Waals surface area contributed by atoms with Crippen LogP contribution in [0.1, 0.15) is 139 Å². The van der Waals surface area contributed by atoms with E-state index in [1.165, 1.54) is 85.9 Å². The van der Waals surface area contributed by atoms with Crippen LogP contribution in [0.25, 0.3) is 11.4 Å². The maximum absolute atomic E-state index is 14.7. The molecule has 6 heteroatoms. The number of hydrogen-bond donors (Lipinski definition) is 0. The number of amides is 2. The summed E-state index contributed by atoms with van der Waals surface area (Å²) in [6, 6.07) is 8.58. The minimum atomic E-state index is 0.0798. The molecule has 0 N–H and O–H groups in total. The van der Waals surface area contributed by atoms with Crippen LogP contribution in [-0.4, -0.2) is 63.7 Å². The summed E-state index contributed by atoms with van der Waals surface area (Å²) in [6.07, 6.45) is 19.4. The summed E-state index contributed by atoms with van der Waals surface area (Å²) in [6.45, 7) is 10.5. The van der Waals surface area contributed by atoms with Gasteiger partial charge < -0.3 is 0 Å². The second kappa shape index (κ2) is 18.5. The van der Waals surface area contributed by atoms with Crippen LogP contribution >= 0.6 is 0 Å². The fraction of sp³-hybridized carbons (Fsp3) is 0.632. The topological polar surface area (TPSA) is 40.6 Å². The van der Waals surface area contributed by atoms with Crippen molar-refractivity contribution in [2.24, 2.45) is 11.8 Å². The van der Waals surface area contributed by atoms with Crippen LogP contribution in [0, 0.1) is 11.8 Å². The van der Waals surface area contributed by atoms with E-state index in [9.17, 15) is 9.59 Å². The van der Waals surface area contributed by atoms with E-state index in [4.69, 9.17) is 0 Å². The van der Waals surface area contributed by atoms with Gasteiger partial charge in [0.25, 0.3) is 0 Å². The van der Waals surface area contributed by atoms with Crippen molar-refractivity contribution in [1.29, 1.82) is 0 Å². The molecule has 44 heavy (non-hydrogen) atoms. The fourth-order valence-electron chi connectivity index (χ4n) is 6.96. The summed E-state index contributed by atoms with van der Waals surface area (Å²) in [4.78, 5) is 37.9. The van der Waals surface area contributed by atoms with Crippen molar-refractivity contribution in [3.63, 3.8) is 0 Å². The molecule has 0 spiro atoms. The van der Waals surface area contributed by atoms with Crippen molar-refractivity contribution in [3.05, 3.63) is 54.2 Å². The summed E-state index contributed by atoms with van der Waals surface area (Å²) in [5.74, 6) is 1.11. The molecule has 0 radical (unpaired) electrons. The van der Waals surface area contributed by atoms with Crippen molar-refractivity contribution < 1.29 is 9.59 Å². The first kappa shape index (κ1) is 35.3. The van der Waals surface area contributed by atoms with Crippen LogP contribution < -0.4 is 0 Å². The normalized spacial score (nSPS) is 16.5. The second-order valence-corrected chi connectivity index (χ2v) is 16.9. The van der Waals surface area contributed by atoms with E-state index in [0.29, 0.717) is 23.0 Å². The molecule has 2 aromatic heterocycles. The van der Waals surface area contributed by atoms with Gasteiger partial charge in [-0.2, -0.15) is 0 Å². The Morgan fingerprint density at radius 1 is 0.545 bits per heavy atom. The van der Waals surface area contributed by atoms with Crippen molar-refractivity contribution in [2.75, 3.05) is 13.1 Å². The molecule has 4 rings (SSSR count). The zero-order chi connectivity index (χ0) is 31.3. The quantitative estimate of drug-likeness (QED) is 0.0896. The van der Waals surface area contributed by atoms with Gasteiger partial charge >= 0.3 is 281 Å². The Morgan fingerprint density at radius 3 is 1.27 bits per heavy atom. The molecule has 2 aromatic rings. The van der Waals surface area contributed by atoms with Gasteiger partial charge in [0.1, 0.15) is 0 Å². The number of unbranched alkanes of at least 4 members (excludes halogenated alkanes) is 8. The van der Waals surface area contributed by atoms with E-state index in [-0.39, 0.29) is 40.8 Å². The van der Waals surface area contributed by atoms with Crippen LogP contribution in [0.15, 0.2) is 45.3 Å². The molecule has 4 nitrogen and oxygen atoms in total. The molecule has 2 aliphatic heterocycles. The van der Waals surface area contributed by atoms with Gasteiger partial charge in [0.2, 0.25) is 0 Å². The first-order valence-electron chi connectivity index (χ1n) is 17.8. The van der Waals surface area contributed by atoms with Gasteiger partial charge in [-0.3, -0.25) is 0 Å². The van der Waals surface area contributed by atoms with Crippen molar-refractivity contribution in [1.82, 2.24) is 9.80 Å². The predicted octanol–water partition coefficient (Wildman–Crippen LogP) is 9.16. The van der Waals surface area contributed by atoms with E-state index >= 15 is 0 Å². The zero-order valence-electron chi connectivity index (χ0n) is 27.9. The standard InChI is InChI=1S/C38H56N2O2Se2/c1-5-9-13-15-21-29(19-11-7-3)27-39-35(31-23-17-25-43-31)33-34(37(39)41)36(32-24-18-26-44-32)40(38(33)42)28-30(20-12-8-4)22-16-14-10-6-2/h17-18,23-26,29-30H,5-16,19-22,27-28H2,1-4H3. The Bertz CT molecular complexity index is 1130. The van der Waals surface area contributed by atoms with Crippen LogP contribution in [-0.2, 0) is 9.59 Å². The molecule has 242 valence electrons. The van der Waals surface area contributed by atoms with Gasteiger partial charge in [-0.05, 0) is 0 Å². The third kappa shape index (κ3) is 8.81. The third-order valence-corrected chi connectivity index (χ3v) is 13.1. The monoisotopic (exact) mass is 732 g/mol. The van der Waals surface area contributed by atoms with Crippen LogP contribution in [0.2, 0.25) is 0 Å². The van der Waals surface area contributed by atoms with E-state index in [1.54, 1.807) is 0 Å². The summed E-state index contributed by atoms with van der Waals surface area (Å²) >= 11 is 0.288. The molecule has 0 saturated heterocycles. The number of carbonyl (C=O) groups excluding carboxylic acids is 2. The van der Waals surface area contributed by atoms with Crippen molar-refractivity contribution in [2.45, 2.75) is 130 Å². The van der Waals surface area contributed by atoms with Gasteiger partial charge in [0, 0.05) is 0 Å². The van der Waals surface area contributed by atoms with Gasteiger partial charge in [0.05, 0.1) is 0 Å². The Balaban J connectivity index is 1.71. The van der Waals surface area contributed by atoms with E-state index in [2.05, 4.69) is 71.6 Å². The molecular weight excluding hydrogens is 674 g/mol. The van der Waals surface area contributed by atoms with Crippen LogP contribution in [0.3, 0.4) is 0 Å². The maximum atomic E-state index is 14.7. The Morgan fingerprint density at radius 2 is 0.932 bits per heavy atom. The molecule has 0 bridgehead atoms. The van der Waals surface area contributed by atoms with Gasteiger partial charge in [-0.1, -0.05) is 0 Å². The first-order valence-corrected chi connectivity index (χ1v) is 21.4. The van der Waals surface area contributed by atoms with Crippen LogP contribution in [0.5, 0.6) is 0 Å².